The van der Waals surface area contributed by atoms with Crippen molar-refractivity contribution >= 4 is 10.9 Å². The van der Waals surface area contributed by atoms with E-state index in [-0.39, 0.29) is 20.1 Å². The van der Waals surface area contributed by atoms with Crippen molar-refractivity contribution in [2.75, 3.05) is 0 Å². The fourth-order valence-corrected chi connectivity index (χ4v) is 1.33. The van der Waals surface area contributed by atoms with Crippen LogP contribution >= 0.6 is 0 Å². The second-order valence-corrected chi connectivity index (χ2v) is 2.58. The maximum atomic E-state index is 3.25. The molecule has 0 bridgehead atoms. The van der Waals surface area contributed by atoms with E-state index in [9.17, 15) is 0 Å². The average molecular weight is 271 g/mol. The first-order valence-electron chi connectivity index (χ1n) is 4.58. The SMILES string of the molecule is CCn1[c-]cc2ccccc21.[CH2-]C.[Tc]. The predicted molar refractivity (Wildman–Crippen MR) is 57.5 cm³/mol. The van der Waals surface area contributed by atoms with Gasteiger partial charge in [-0.3, -0.25) is 0 Å². The average Bonchev–Trinajstić information content (AvgIpc) is 2.64. The summed E-state index contributed by atoms with van der Waals surface area (Å²) in [6.45, 7) is 8.12. The number of benzene rings is 1. The second-order valence-electron chi connectivity index (χ2n) is 2.58. The van der Waals surface area contributed by atoms with Gasteiger partial charge < -0.3 is 11.5 Å². The number of para-hydroxylation sites is 1. The van der Waals surface area contributed by atoms with Crippen molar-refractivity contribution in [3.63, 3.8) is 0 Å². The Kier molecular flexibility index (Phi) is 6.52. The Bertz CT molecular complexity index is 365. The quantitative estimate of drug-likeness (QED) is 0.701. The zero-order chi connectivity index (χ0) is 9.68. The van der Waals surface area contributed by atoms with E-state index in [0.717, 1.165) is 6.54 Å². The molecule has 0 aliphatic rings. The smallest absolute Gasteiger partial charge is 0 e. The summed E-state index contributed by atoms with van der Waals surface area (Å²) >= 11 is 0. The topological polar surface area (TPSA) is 4.93 Å². The minimum atomic E-state index is 0. The van der Waals surface area contributed by atoms with Crippen molar-refractivity contribution in [2.24, 2.45) is 0 Å². The van der Waals surface area contributed by atoms with E-state index >= 15 is 0 Å². The Labute approximate surface area is 99.5 Å². The molecule has 2 heteroatoms. The van der Waals surface area contributed by atoms with Crippen LogP contribution in [-0.2, 0) is 26.7 Å². The Morgan fingerprint density at radius 2 is 1.93 bits per heavy atom. The molecule has 0 aliphatic carbocycles. The van der Waals surface area contributed by atoms with Gasteiger partial charge in [0.05, 0.1) is 0 Å². The summed E-state index contributed by atoms with van der Waals surface area (Å²) in [5.74, 6) is 0. The zero-order valence-corrected chi connectivity index (χ0v) is 10.5. The summed E-state index contributed by atoms with van der Waals surface area (Å²) in [5, 5.41) is 1.27. The van der Waals surface area contributed by atoms with Crippen LogP contribution in [0.15, 0.2) is 30.3 Å². The summed E-state index contributed by atoms with van der Waals surface area (Å²) < 4.78 is 2.12. The van der Waals surface area contributed by atoms with E-state index in [1.54, 1.807) is 6.92 Å². The Balaban J connectivity index is 0.000000531. The maximum Gasteiger partial charge on any atom is 0 e. The van der Waals surface area contributed by atoms with E-state index in [0.29, 0.717) is 0 Å². The molecule has 0 aliphatic heterocycles. The Morgan fingerprint density at radius 3 is 2.57 bits per heavy atom. The Hall–Kier alpha value is -0.591. The molecule has 0 N–H and O–H groups in total. The molecule has 0 saturated carbocycles. The number of rotatable bonds is 1. The molecule has 0 unspecified atom stereocenters. The number of nitrogens with zero attached hydrogens (tertiary/aromatic N) is 1. The summed E-state index contributed by atoms with van der Waals surface area (Å²) in [6, 6.07) is 10.4. The summed E-state index contributed by atoms with van der Waals surface area (Å²) in [4.78, 5) is 0. The van der Waals surface area contributed by atoms with Crippen LogP contribution in [-0.4, -0.2) is 4.57 Å². The van der Waals surface area contributed by atoms with E-state index in [4.69, 9.17) is 0 Å². The minimum Gasteiger partial charge on any atom is -0.464 e. The number of fused-ring (bicyclic) bond motifs is 1. The zero-order valence-electron chi connectivity index (χ0n) is 8.63. The van der Waals surface area contributed by atoms with E-state index in [2.05, 4.69) is 48.9 Å². The van der Waals surface area contributed by atoms with Gasteiger partial charge in [-0.1, -0.05) is 12.1 Å². The predicted octanol–water partition coefficient (Wildman–Crippen LogP) is 3.30. The van der Waals surface area contributed by atoms with Gasteiger partial charge in [0, 0.05) is 20.1 Å². The molecular formula is C12H15NTc-2. The van der Waals surface area contributed by atoms with Gasteiger partial charge in [0.15, 0.2) is 0 Å². The molecule has 0 atom stereocenters. The standard InChI is InChI=1S/C10H10N.C2H5.Tc/c1-2-11-8-7-9-5-3-4-6-10(9)11;1-2;/h3-7H,2H2,1H3;1H2,2H3;/q2*-1;. The second kappa shape index (κ2) is 6.80. The van der Waals surface area contributed by atoms with Crippen LogP contribution in [0.5, 0.6) is 0 Å². The molecule has 1 aromatic heterocycles. The molecule has 1 heterocycles. The molecule has 0 fully saturated rings. The van der Waals surface area contributed by atoms with Crippen LogP contribution < -0.4 is 0 Å². The third-order valence-corrected chi connectivity index (χ3v) is 1.92. The Morgan fingerprint density at radius 1 is 1.29 bits per heavy atom. The summed E-state index contributed by atoms with van der Waals surface area (Å²) in [5.41, 5.74) is 1.27. The monoisotopic (exact) mass is 270 g/mol. The third-order valence-electron chi connectivity index (χ3n) is 1.92. The van der Waals surface area contributed by atoms with Gasteiger partial charge >= 0.3 is 0 Å². The van der Waals surface area contributed by atoms with E-state index in [1.165, 1.54) is 10.9 Å². The largest absolute Gasteiger partial charge is 0.464 e. The van der Waals surface area contributed by atoms with Gasteiger partial charge in [0.2, 0.25) is 0 Å². The molecule has 0 spiro atoms. The summed E-state index contributed by atoms with van der Waals surface area (Å²) in [7, 11) is 0. The molecule has 77 valence electrons. The molecule has 2 rings (SSSR count). The van der Waals surface area contributed by atoms with Crippen LogP contribution in [0.2, 0.25) is 0 Å². The molecule has 2 aromatic rings. The first kappa shape index (κ1) is 13.4. The van der Waals surface area contributed by atoms with Crippen LogP contribution in [0.25, 0.3) is 10.9 Å². The molecule has 1 radical (unpaired) electrons. The van der Waals surface area contributed by atoms with Crippen molar-refractivity contribution < 1.29 is 20.1 Å². The van der Waals surface area contributed by atoms with Crippen LogP contribution in [0, 0.1) is 13.1 Å². The fraction of sp³-hybridized carbons (Fsp3) is 0.250. The molecule has 1 nitrogen and oxygen atoms in total. The molecular weight excluding hydrogens is 256 g/mol. The maximum absolute atomic E-state index is 3.25. The normalized spacial score (nSPS) is 8.79. The number of hydrogen-bond acceptors (Lipinski definition) is 0. The van der Waals surface area contributed by atoms with Crippen molar-refractivity contribution in [3.8, 4) is 0 Å². The van der Waals surface area contributed by atoms with E-state index in [1.807, 2.05) is 6.07 Å². The van der Waals surface area contributed by atoms with Gasteiger partial charge in [-0.05, 0) is 13.5 Å². The molecule has 0 amide bonds. The van der Waals surface area contributed by atoms with Crippen molar-refractivity contribution in [1.29, 1.82) is 0 Å². The van der Waals surface area contributed by atoms with Crippen LogP contribution in [0.4, 0.5) is 0 Å². The van der Waals surface area contributed by atoms with Gasteiger partial charge in [-0.2, -0.15) is 18.4 Å². The van der Waals surface area contributed by atoms with Gasteiger partial charge in [0.25, 0.3) is 0 Å². The third kappa shape index (κ3) is 2.70. The van der Waals surface area contributed by atoms with Gasteiger partial charge in [0.1, 0.15) is 0 Å². The van der Waals surface area contributed by atoms with E-state index < -0.39 is 0 Å². The first-order chi connectivity index (χ1) is 6.42. The van der Waals surface area contributed by atoms with Crippen molar-refractivity contribution in [3.05, 3.63) is 43.5 Å². The van der Waals surface area contributed by atoms with Gasteiger partial charge in [-0.25, -0.2) is 0 Å². The molecule has 1 aromatic carbocycles. The number of hydrogen-bond donors (Lipinski definition) is 0. The molecule has 0 saturated heterocycles. The fourth-order valence-electron chi connectivity index (χ4n) is 1.33. The molecule has 14 heavy (non-hydrogen) atoms. The minimum absolute atomic E-state index is 0. The van der Waals surface area contributed by atoms with Crippen molar-refractivity contribution in [1.82, 2.24) is 4.57 Å². The summed E-state index contributed by atoms with van der Waals surface area (Å²) in [6.07, 6.45) is 3.18. The van der Waals surface area contributed by atoms with Gasteiger partial charge in [-0.15, -0.1) is 23.8 Å². The first-order valence-corrected chi connectivity index (χ1v) is 4.58. The number of aromatic nitrogens is 1. The van der Waals surface area contributed by atoms with Crippen LogP contribution in [0.3, 0.4) is 0 Å². The van der Waals surface area contributed by atoms with Crippen LogP contribution in [0.1, 0.15) is 13.8 Å². The van der Waals surface area contributed by atoms with Crippen molar-refractivity contribution in [2.45, 2.75) is 20.4 Å². The number of aryl methyl sites for hydroxylation is 1.